The van der Waals surface area contributed by atoms with Crippen LogP contribution in [0.5, 0.6) is 0 Å². The Morgan fingerprint density at radius 2 is 2.00 bits per heavy atom. The molecular formula is C14H25NS. The second kappa shape index (κ2) is 6.41. The number of hydrogen-bond acceptors (Lipinski definition) is 2. The molecule has 0 amide bonds. The van der Waals surface area contributed by atoms with Crippen LogP contribution in [-0.2, 0) is 0 Å². The van der Waals surface area contributed by atoms with E-state index in [0.717, 1.165) is 12.5 Å². The first kappa shape index (κ1) is 13.7. The zero-order valence-electron chi connectivity index (χ0n) is 11.3. The maximum Gasteiger partial charge on any atom is 0.0302 e. The average molecular weight is 239 g/mol. The van der Waals surface area contributed by atoms with Crippen LogP contribution < -0.4 is 5.32 Å². The van der Waals surface area contributed by atoms with E-state index in [1.807, 2.05) is 11.3 Å². The molecule has 1 rings (SSSR count). The third-order valence-corrected chi connectivity index (χ3v) is 4.08. The van der Waals surface area contributed by atoms with E-state index in [4.69, 9.17) is 0 Å². The minimum atomic E-state index is 0.490. The SMILES string of the molecule is CCCC(C)CNC(C)c1cc(C)sc1C. The summed E-state index contributed by atoms with van der Waals surface area (Å²) < 4.78 is 0. The zero-order chi connectivity index (χ0) is 12.1. The lowest BCUT2D eigenvalue weighted by molar-refractivity contribution is 0.444. The van der Waals surface area contributed by atoms with E-state index < -0.39 is 0 Å². The third-order valence-electron chi connectivity index (χ3n) is 3.10. The van der Waals surface area contributed by atoms with E-state index in [2.05, 4.69) is 46.0 Å². The van der Waals surface area contributed by atoms with Crippen molar-refractivity contribution in [3.8, 4) is 0 Å². The Kier molecular flexibility index (Phi) is 5.50. The van der Waals surface area contributed by atoms with Gasteiger partial charge in [-0.2, -0.15) is 0 Å². The Morgan fingerprint density at radius 1 is 1.31 bits per heavy atom. The van der Waals surface area contributed by atoms with Gasteiger partial charge in [0.1, 0.15) is 0 Å². The molecular weight excluding hydrogens is 214 g/mol. The molecule has 1 nitrogen and oxygen atoms in total. The normalized spacial score (nSPS) is 15.1. The lowest BCUT2D eigenvalue weighted by atomic mass is 10.0. The van der Waals surface area contributed by atoms with E-state index in [0.29, 0.717) is 6.04 Å². The number of rotatable bonds is 6. The highest BCUT2D eigenvalue weighted by Crippen LogP contribution is 2.26. The molecule has 0 aliphatic heterocycles. The van der Waals surface area contributed by atoms with Crippen molar-refractivity contribution in [3.05, 3.63) is 21.4 Å². The minimum absolute atomic E-state index is 0.490. The van der Waals surface area contributed by atoms with E-state index in [1.54, 1.807) is 0 Å². The van der Waals surface area contributed by atoms with Crippen molar-refractivity contribution in [1.82, 2.24) is 5.32 Å². The second-order valence-electron chi connectivity index (χ2n) is 4.89. The zero-order valence-corrected chi connectivity index (χ0v) is 12.1. The summed E-state index contributed by atoms with van der Waals surface area (Å²) in [5, 5.41) is 3.64. The Morgan fingerprint density at radius 3 is 2.50 bits per heavy atom. The van der Waals surface area contributed by atoms with Crippen molar-refractivity contribution in [2.45, 2.75) is 53.5 Å². The van der Waals surface area contributed by atoms with Crippen LogP contribution in [0.2, 0.25) is 0 Å². The molecule has 0 spiro atoms. The molecule has 1 aromatic rings. The van der Waals surface area contributed by atoms with Gasteiger partial charge in [-0.3, -0.25) is 0 Å². The number of thiophene rings is 1. The van der Waals surface area contributed by atoms with Crippen molar-refractivity contribution in [1.29, 1.82) is 0 Å². The molecule has 16 heavy (non-hydrogen) atoms. The van der Waals surface area contributed by atoms with Crippen LogP contribution in [0, 0.1) is 19.8 Å². The summed E-state index contributed by atoms with van der Waals surface area (Å²) in [6.45, 7) is 12.4. The summed E-state index contributed by atoms with van der Waals surface area (Å²) in [6.07, 6.45) is 2.61. The summed E-state index contributed by atoms with van der Waals surface area (Å²) in [5.74, 6) is 0.785. The van der Waals surface area contributed by atoms with Crippen molar-refractivity contribution in [3.63, 3.8) is 0 Å². The largest absolute Gasteiger partial charge is 0.310 e. The topological polar surface area (TPSA) is 12.0 Å². The summed E-state index contributed by atoms with van der Waals surface area (Å²) in [6, 6.07) is 2.81. The maximum atomic E-state index is 3.64. The number of nitrogens with one attached hydrogen (secondary N) is 1. The average Bonchev–Trinajstić information content (AvgIpc) is 2.55. The summed E-state index contributed by atoms with van der Waals surface area (Å²) in [7, 11) is 0. The fourth-order valence-corrected chi connectivity index (χ4v) is 3.19. The Labute approximate surface area is 104 Å². The van der Waals surface area contributed by atoms with Crippen LogP contribution in [0.25, 0.3) is 0 Å². The molecule has 0 fully saturated rings. The first-order chi connectivity index (χ1) is 7.54. The highest BCUT2D eigenvalue weighted by atomic mass is 32.1. The molecule has 0 radical (unpaired) electrons. The highest BCUT2D eigenvalue weighted by Gasteiger charge is 2.11. The van der Waals surface area contributed by atoms with Crippen LogP contribution in [0.4, 0.5) is 0 Å². The number of hydrogen-bond donors (Lipinski definition) is 1. The van der Waals surface area contributed by atoms with Crippen molar-refractivity contribution >= 4 is 11.3 Å². The van der Waals surface area contributed by atoms with Gasteiger partial charge in [0, 0.05) is 15.8 Å². The molecule has 1 heterocycles. The van der Waals surface area contributed by atoms with Crippen LogP contribution in [0.3, 0.4) is 0 Å². The maximum absolute atomic E-state index is 3.64. The molecule has 0 aromatic carbocycles. The van der Waals surface area contributed by atoms with Gasteiger partial charge in [0.05, 0.1) is 0 Å². The van der Waals surface area contributed by atoms with Crippen LogP contribution in [0.15, 0.2) is 6.07 Å². The monoisotopic (exact) mass is 239 g/mol. The van der Waals surface area contributed by atoms with Crippen molar-refractivity contribution < 1.29 is 0 Å². The van der Waals surface area contributed by atoms with Gasteiger partial charge in [-0.15, -0.1) is 11.3 Å². The van der Waals surface area contributed by atoms with Gasteiger partial charge >= 0.3 is 0 Å². The molecule has 0 saturated carbocycles. The summed E-state index contributed by atoms with van der Waals surface area (Å²) in [4.78, 5) is 2.88. The Hall–Kier alpha value is -0.340. The van der Waals surface area contributed by atoms with Crippen LogP contribution in [0.1, 0.15) is 55.0 Å². The van der Waals surface area contributed by atoms with Gasteiger partial charge in [0.25, 0.3) is 0 Å². The molecule has 0 bridgehead atoms. The molecule has 2 unspecified atom stereocenters. The summed E-state index contributed by atoms with van der Waals surface area (Å²) in [5.41, 5.74) is 1.48. The first-order valence-corrected chi connectivity index (χ1v) is 7.16. The number of aryl methyl sites for hydroxylation is 2. The van der Waals surface area contributed by atoms with Gasteiger partial charge < -0.3 is 5.32 Å². The van der Waals surface area contributed by atoms with Crippen LogP contribution in [-0.4, -0.2) is 6.54 Å². The standard InChI is InChI=1S/C14H25NS/c1-6-7-10(2)9-15-12(4)14-8-11(3)16-13(14)5/h8,10,12,15H,6-7,9H2,1-5H3. The van der Waals surface area contributed by atoms with E-state index >= 15 is 0 Å². The minimum Gasteiger partial charge on any atom is -0.310 e. The molecule has 1 N–H and O–H groups in total. The Balaban J connectivity index is 2.46. The van der Waals surface area contributed by atoms with Gasteiger partial charge in [0.2, 0.25) is 0 Å². The lowest BCUT2D eigenvalue weighted by Gasteiger charge is -2.17. The fraction of sp³-hybridized carbons (Fsp3) is 0.714. The molecule has 2 heteroatoms. The predicted octanol–water partition coefficient (Wildman–Crippen LogP) is 4.45. The van der Waals surface area contributed by atoms with Gasteiger partial charge in [0.15, 0.2) is 0 Å². The summed E-state index contributed by atoms with van der Waals surface area (Å²) >= 11 is 1.90. The van der Waals surface area contributed by atoms with E-state index in [-0.39, 0.29) is 0 Å². The van der Waals surface area contributed by atoms with Crippen molar-refractivity contribution in [2.24, 2.45) is 5.92 Å². The van der Waals surface area contributed by atoms with E-state index in [9.17, 15) is 0 Å². The van der Waals surface area contributed by atoms with Crippen LogP contribution >= 0.6 is 11.3 Å². The third kappa shape index (κ3) is 3.91. The molecule has 0 saturated heterocycles. The Bertz CT molecular complexity index is 317. The molecule has 0 aliphatic rings. The smallest absolute Gasteiger partial charge is 0.0302 e. The quantitative estimate of drug-likeness (QED) is 0.773. The predicted molar refractivity (Wildman–Crippen MR) is 74.3 cm³/mol. The lowest BCUT2D eigenvalue weighted by Crippen LogP contribution is -2.24. The molecule has 92 valence electrons. The molecule has 2 atom stereocenters. The van der Waals surface area contributed by atoms with E-state index in [1.165, 1.54) is 28.2 Å². The van der Waals surface area contributed by atoms with Gasteiger partial charge in [-0.05, 0) is 51.3 Å². The fourth-order valence-electron chi connectivity index (χ4n) is 2.16. The van der Waals surface area contributed by atoms with Crippen molar-refractivity contribution in [2.75, 3.05) is 6.54 Å². The van der Waals surface area contributed by atoms with Gasteiger partial charge in [-0.25, -0.2) is 0 Å². The van der Waals surface area contributed by atoms with Gasteiger partial charge in [-0.1, -0.05) is 20.3 Å². The molecule has 0 aliphatic carbocycles. The first-order valence-electron chi connectivity index (χ1n) is 6.34. The highest BCUT2D eigenvalue weighted by molar-refractivity contribution is 7.12. The second-order valence-corrected chi connectivity index (χ2v) is 6.35. The molecule has 1 aromatic heterocycles.